The zero-order chi connectivity index (χ0) is 8.69. The Morgan fingerprint density at radius 2 is 2.00 bits per heavy atom. The molecule has 0 bridgehead atoms. The van der Waals surface area contributed by atoms with Crippen LogP contribution in [0.5, 0.6) is 0 Å². The molecule has 0 spiro atoms. The van der Waals surface area contributed by atoms with E-state index in [1.165, 1.54) is 6.08 Å². The number of allylic oxidation sites excluding steroid dienone is 4. The van der Waals surface area contributed by atoms with Gasteiger partial charge in [-0.15, -0.1) is 0 Å². The highest BCUT2D eigenvalue weighted by atomic mass is 19.1. The molecule has 0 saturated heterocycles. The molecule has 1 heteroatoms. The molecular weight excluding hydrogens is 139 g/mol. The first-order valence-electron chi connectivity index (χ1n) is 3.87. The Hall–Kier alpha value is -0.850. The van der Waals surface area contributed by atoms with Crippen LogP contribution in [-0.4, -0.2) is 0 Å². The van der Waals surface area contributed by atoms with Crippen LogP contribution in [0.4, 0.5) is 4.39 Å². The van der Waals surface area contributed by atoms with Gasteiger partial charge in [-0.3, -0.25) is 0 Å². The molecule has 0 rings (SSSR count). The van der Waals surface area contributed by atoms with Crippen molar-refractivity contribution in [1.82, 2.24) is 0 Å². The Morgan fingerprint density at radius 3 is 2.45 bits per heavy atom. The van der Waals surface area contributed by atoms with E-state index in [0.717, 1.165) is 24.8 Å². The number of hydrogen-bond donors (Lipinski definition) is 0. The molecule has 0 aromatic carbocycles. The van der Waals surface area contributed by atoms with E-state index in [1.807, 2.05) is 0 Å². The molecular formula is C10H15F. The lowest BCUT2D eigenvalue weighted by molar-refractivity contribution is 0.671. The van der Waals surface area contributed by atoms with Crippen molar-refractivity contribution in [3.63, 3.8) is 0 Å². The van der Waals surface area contributed by atoms with E-state index in [0.29, 0.717) is 0 Å². The Bertz CT molecular complexity index is 166. The molecule has 0 aromatic heterocycles. The van der Waals surface area contributed by atoms with Crippen LogP contribution < -0.4 is 0 Å². The molecule has 0 saturated carbocycles. The van der Waals surface area contributed by atoms with E-state index in [9.17, 15) is 4.39 Å². The Morgan fingerprint density at radius 1 is 1.36 bits per heavy atom. The summed E-state index contributed by atoms with van der Waals surface area (Å²) in [4.78, 5) is 0. The van der Waals surface area contributed by atoms with Crippen molar-refractivity contribution >= 4 is 0 Å². The molecule has 0 aliphatic heterocycles. The van der Waals surface area contributed by atoms with Gasteiger partial charge in [-0.25, -0.2) is 4.39 Å². The lowest BCUT2D eigenvalue weighted by atomic mass is 10.1. The average molecular weight is 154 g/mol. The van der Waals surface area contributed by atoms with Gasteiger partial charge in [0.05, 0.1) is 0 Å². The minimum absolute atomic E-state index is 0.414. The monoisotopic (exact) mass is 154 g/mol. The van der Waals surface area contributed by atoms with Gasteiger partial charge < -0.3 is 0 Å². The summed E-state index contributed by atoms with van der Waals surface area (Å²) in [5.41, 5.74) is 0.964. The fourth-order valence-corrected chi connectivity index (χ4v) is 0.695. The van der Waals surface area contributed by atoms with Crippen LogP contribution in [0.3, 0.4) is 0 Å². The first-order chi connectivity index (χ1) is 5.16. The minimum atomic E-state index is -0.414. The van der Waals surface area contributed by atoms with Gasteiger partial charge in [0, 0.05) is 0 Å². The predicted molar refractivity (Wildman–Crippen MR) is 48.1 cm³/mol. The van der Waals surface area contributed by atoms with Gasteiger partial charge >= 0.3 is 0 Å². The summed E-state index contributed by atoms with van der Waals surface area (Å²) in [6, 6.07) is 0. The Balaban J connectivity index is 3.60. The van der Waals surface area contributed by atoms with Gasteiger partial charge in [-0.1, -0.05) is 38.2 Å². The van der Waals surface area contributed by atoms with E-state index < -0.39 is 5.83 Å². The summed E-state index contributed by atoms with van der Waals surface area (Å²) in [6.07, 6.45) is 6.22. The number of unbranched alkanes of at least 4 members (excludes halogenated alkanes) is 1. The van der Waals surface area contributed by atoms with Gasteiger partial charge in [-0.2, -0.15) is 0 Å². The van der Waals surface area contributed by atoms with Crippen LogP contribution in [0.25, 0.3) is 0 Å². The van der Waals surface area contributed by atoms with E-state index >= 15 is 0 Å². The summed E-state index contributed by atoms with van der Waals surface area (Å²) < 4.78 is 12.1. The van der Waals surface area contributed by atoms with Crippen molar-refractivity contribution in [3.05, 3.63) is 36.7 Å². The minimum Gasteiger partial charge on any atom is -0.208 e. The standard InChI is InChI=1S/C10H15F/c1-4-5-6-9(2)7-8-10(3)11/h7-8H,2-6H2,1H3/b8-7-. The second-order valence-corrected chi connectivity index (χ2v) is 2.54. The highest BCUT2D eigenvalue weighted by Gasteiger charge is 1.87. The number of halogens is 1. The molecule has 0 atom stereocenters. The van der Waals surface area contributed by atoms with Crippen LogP contribution >= 0.6 is 0 Å². The summed E-state index contributed by atoms with van der Waals surface area (Å²) in [7, 11) is 0. The predicted octanol–water partition coefficient (Wildman–Crippen LogP) is 3.77. The first-order valence-corrected chi connectivity index (χ1v) is 3.87. The van der Waals surface area contributed by atoms with Crippen molar-refractivity contribution in [2.75, 3.05) is 0 Å². The van der Waals surface area contributed by atoms with E-state index in [-0.39, 0.29) is 0 Å². The van der Waals surface area contributed by atoms with Gasteiger partial charge in [-0.05, 0) is 18.9 Å². The molecule has 62 valence electrons. The zero-order valence-corrected chi connectivity index (χ0v) is 7.07. The number of rotatable bonds is 5. The quantitative estimate of drug-likeness (QED) is 0.529. The van der Waals surface area contributed by atoms with Crippen molar-refractivity contribution in [1.29, 1.82) is 0 Å². The summed E-state index contributed by atoms with van der Waals surface area (Å²) in [5, 5.41) is 0. The fraction of sp³-hybridized carbons (Fsp3) is 0.400. The molecule has 0 radical (unpaired) electrons. The third kappa shape index (κ3) is 7.04. The molecule has 0 amide bonds. The van der Waals surface area contributed by atoms with Crippen molar-refractivity contribution in [3.8, 4) is 0 Å². The third-order valence-electron chi connectivity index (χ3n) is 1.35. The molecule has 0 fully saturated rings. The SMILES string of the molecule is C=C(F)/C=C\C(=C)CCCC. The molecule has 0 unspecified atom stereocenters. The average Bonchev–Trinajstić information content (AvgIpc) is 1.97. The van der Waals surface area contributed by atoms with Gasteiger partial charge in [0.15, 0.2) is 0 Å². The van der Waals surface area contributed by atoms with Gasteiger partial charge in [0.2, 0.25) is 0 Å². The van der Waals surface area contributed by atoms with Crippen LogP contribution in [0, 0.1) is 0 Å². The fourth-order valence-electron chi connectivity index (χ4n) is 0.695. The maximum atomic E-state index is 12.1. The van der Waals surface area contributed by atoms with Crippen LogP contribution in [0.2, 0.25) is 0 Å². The molecule has 0 aliphatic rings. The second-order valence-electron chi connectivity index (χ2n) is 2.54. The van der Waals surface area contributed by atoms with E-state index in [4.69, 9.17) is 0 Å². The lowest BCUT2D eigenvalue weighted by Crippen LogP contribution is -1.75. The molecule has 0 aromatic rings. The maximum absolute atomic E-state index is 12.1. The van der Waals surface area contributed by atoms with Crippen molar-refractivity contribution < 1.29 is 4.39 Å². The topological polar surface area (TPSA) is 0 Å². The maximum Gasteiger partial charge on any atom is 0.116 e. The normalized spacial score (nSPS) is 10.4. The summed E-state index contributed by atoms with van der Waals surface area (Å²) in [6.45, 7) is 9.00. The largest absolute Gasteiger partial charge is 0.208 e. The molecule has 0 N–H and O–H groups in total. The van der Waals surface area contributed by atoms with E-state index in [1.54, 1.807) is 6.08 Å². The summed E-state index contributed by atoms with van der Waals surface area (Å²) in [5.74, 6) is -0.414. The third-order valence-corrected chi connectivity index (χ3v) is 1.35. The van der Waals surface area contributed by atoms with Crippen molar-refractivity contribution in [2.45, 2.75) is 26.2 Å². The van der Waals surface area contributed by atoms with Crippen LogP contribution in [-0.2, 0) is 0 Å². The lowest BCUT2D eigenvalue weighted by Gasteiger charge is -1.95. The molecule has 11 heavy (non-hydrogen) atoms. The van der Waals surface area contributed by atoms with Crippen molar-refractivity contribution in [2.24, 2.45) is 0 Å². The highest BCUT2D eigenvalue weighted by molar-refractivity contribution is 5.20. The van der Waals surface area contributed by atoms with E-state index in [2.05, 4.69) is 20.1 Å². The second kappa shape index (κ2) is 5.90. The van der Waals surface area contributed by atoms with Crippen LogP contribution in [0.1, 0.15) is 26.2 Å². The zero-order valence-electron chi connectivity index (χ0n) is 7.07. The molecule has 0 aliphatic carbocycles. The number of hydrogen-bond acceptors (Lipinski definition) is 0. The molecule has 0 nitrogen and oxygen atoms in total. The summed E-state index contributed by atoms with van der Waals surface area (Å²) >= 11 is 0. The van der Waals surface area contributed by atoms with Crippen LogP contribution in [0.15, 0.2) is 36.7 Å². The molecule has 0 heterocycles. The Kier molecular flexibility index (Phi) is 5.44. The first kappa shape index (κ1) is 10.2. The van der Waals surface area contributed by atoms with Gasteiger partial charge in [0.1, 0.15) is 5.83 Å². The van der Waals surface area contributed by atoms with Gasteiger partial charge in [0.25, 0.3) is 0 Å². The smallest absolute Gasteiger partial charge is 0.116 e. The Labute approximate surface area is 68.1 Å². The highest BCUT2D eigenvalue weighted by Crippen LogP contribution is 2.07.